The molecule has 0 N–H and O–H groups in total. The van der Waals surface area contributed by atoms with Gasteiger partial charge in [-0.3, -0.25) is 4.79 Å². The molecule has 14 heavy (non-hydrogen) atoms. The fourth-order valence-corrected chi connectivity index (χ4v) is 1.08. The van der Waals surface area contributed by atoms with E-state index < -0.39 is 0 Å². The summed E-state index contributed by atoms with van der Waals surface area (Å²) in [6.45, 7) is 4.43. The molecule has 0 heterocycles. The number of esters is 1. The average Bonchev–Trinajstić information content (AvgIpc) is 2.17. The molecule has 0 aromatic rings. The molecule has 0 aromatic carbocycles. The van der Waals surface area contributed by atoms with Crippen molar-refractivity contribution in [3.8, 4) is 11.8 Å². The maximum atomic E-state index is 10.9. The Balaban J connectivity index is 3.30. The zero-order valence-electron chi connectivity index (χ0n) is 9.27. The molecule has 0 aliphatic carbocycles. The lowest BCUT2D eigenvalue weighted by molar-refractivity contribution is -0.141. The first-order valence-electron chi connectivity index (χ1n) is 5.42. The summed E-state index contributed by atoms with van der Waals surface area (Å²) in [5.74, 6) is 5.59. The van der Waals surface area contributed by atoms with Crippen LogP contribution in [0.3, 0.4) is 0 Å². The Bertz CT molecular complexity index is 198. The molecule has 0 aromatic heterocycles. The van der Waals surface area contributed by atoms with E-state index in [1.54, 1.807) is 6.92 Å². The van der Waals surface area contributed by atoms with Crippen molar-refractivity contribution in [2.75, 3.05) is 6.61 Å². The molecular weight excluding hydrogens is 176 g/mol. The third-order valence-electron chi connectivity index (χ3n) is 1.82. The smallest absolute Gasteiger partial charge is 0.317 e. The fraction of sp³-hybridized carbons (Fsp3) is 0.750. The van der Waals surface area contributed by atoms with E-state index in [0.717, 1.165) is 12.8 Å². The monoisotopic (exact) mass is 196 g/mol. The van der Waals surface area contributed by atoms with E-state index in [2.05, 4.69) is 18.8 Å². The molecule has 0 amide bonds. The summed E-state index contributed by atoms with van der Waals surface area (Å²) in [7, 11) is 0. The normalized spacial score (nSPS) is 9.00. The fourth-order valence-electron chi connectivity index (χ4n) is 1.08. The maximum Gasteiger partial charge on any atom is 0.317 e. The van der Waals surface area contributed by atoms with Gasteiger partial charge in [-0.15, -0.1) is 5.92 Å². The van der Waals surface area contributed by atoms with E-state index in [-0.39, 0.29) is 12.4 Å². The quantitative estimate of drug-likeness (QED) is 0.371. The van der Waals surface area contributed by atoms with Crippen molar-refractivity contribution in [3.05, 3.63) is 0 Å². The summed E-state index contributed by atoms with van der Waals surface area (Å²) < 4.78 is 4.75. The first-order chi connectivity index (χ1) is 6.81. The van der Waals surface area contributed by atoms with E-state index in [4.69, 9.17) is 4.74 Å². The molecule has 0 unspecified atom stereocenters. The Morgan fingerprint density at radius 2 is 1.93 bits per heavy atom. The van der Waals surface area contributed by atoms with Crippen LogP contribution in [0.1, 0.15) is 52.4 Å². The predicted molar refractivity (Wildman–Crippen MR) is 57.8 cm³/mol. The molecule has 80 valence electrons. The third kappa shape index (κ3) is 9.12. The standard InChI is InChI=1S/C12H20O2/c1-3-5-6-7-8-9-10-11-12(13)14-4-2/h3-8,11H2,1-2H3. The van der Waals surface area contributed by atoms with Crippen LogP contribution in [0, 0.1) is 11.8 Å². The summed E-state index contributed by atoms with van der Waals surface area (Å²) in [6.07, 6.45) is 6.05. The van der Waals surface area contributed by atoms with Crippen molar-refractivity contribution in [3.63, 3.8) is 0 Å². The van der Waals surface area contributed by atoms with Gasteiger partial charge in [-0.2, -0.15) is 0 Å². The Labute approximate surface area is 87.0 Å². The number of unbranched alkanes of at least 4 members (excludes halogenated alkanes) is 4. The minimum absolute atomic E-state index is 0.214. The second kappa shape index (κ2) is 10.1. The second-order valence-electron chi connectivity index (χ2n) is 3.15. The van der Waals surface area contributed by atoms with Crippen LogP contribution in [0.15, 0.2) is 0 Å². The molecule has 0 aliphatic heterocycles. The number of ether oxygens (including phenoxy) is 1. The summed E-state index contributed by atoms with van der Waals surface area (Å²) in [5.41, 5.74) is 0. The average molecular weight is 196 g/mol. The van der Waals surface area contributed by atoms with Crippen LogP contribution in [0.25, 0.3) is 0 Å². The summed E-state index contributed by atoms with van der Waals surface area (Å²) in [5, 5.41) is 0. The van der Waals surface area contributed by atoms with Gasteiger partial charge in [0.1, 0.15) is 6.42 Å². The van der Waals surface area contributed by atoms with Crippen LogP contribution in [0.4, 0.5) is 0 Å². The molecule has 0 saturated heterocycles. The van der Waals surface area contributed by atoms with Gasteiger partial charge in [-0.05, 0) is 13.3 Å². The minimum atomic E-state index is -0.214. The highest BCUT2D eigenvalue weighted by Crippen LogP contribution is 2.00. The Morgan fingerprint density at radius 3 is 2.57 bits per heavy atom. The van der Waals surface area contributed by atoms with Gasteiger partial charge in [-0.1, -0.05) is 32.1 Å². The van der Waals surface area contributed by atoms with Gasteiger partial charge >= 0.3 is 5.97 Å². The van der Waals surface area contributed by atoms with Crippen molar-refractivity contribution >= 4 is 5.97 Å². The SMILES string of the molecule is CCCCCCC#CCC(=O)OCC. The van der Waals surface area contributed by atoms with Crippen LogP contribution in [-0.4, -0.2) is 12.6 Å². The van der Waals surface area contributed by atoms with Gasteiger partial charge in [0.2, 0.25) is 0 Å². The number of hydrogen-bond donors (Lipinski definition) is 0. The van der Waals surface area contributed by atoms with Crippen molar-refractivity contribution in [2.45, 2.75) is 52.4 Å². The van der Waals surface area contributed by atoms with E-state index in [9.17, 15) is 4.79 Å². The van der Waals surface area contributed by atoms with Gasteiger partial charge in [0.05, 0.1) is 6.61 Å². The summed E-state index contributed by atoms with van der Waals surface area (Å²) >= 11 is 0. The van der Waals surface area contributed by atoms with Crippen LogP contribution < -0.4 is 0 Å². The van der Waals surface area contributed by atoms with Crippen molar-refractivity contribution in [2.24, 2.45) is 0 Å². The highest BCUT2D eigenvalue weighted by Gasteiger charge is 1.95. The first-order valence-corrected chi connectivity index (χ1v) is 5.42. The number of hydrogen-bond acceptors (Lipinski definition) is 2. The van der Waals surface area contributed by atoms with Gasteiger partial charge in [0, 0.05) is 6.42 Å². The van der Waals surface area contributed by atoms with Crippen LogP contribution in [0.5, 0.6) is 0 Å². The number of rotatable bonds is 6. The van der Waals surface area contributed by atoms with E-state index >= 15 is 0 Å². The highest BCUT2D eigenvalue weighted by atomic mass is 16.5. The van der Waals surface area contributed by atoms with Crippen molar-refractivity contribution < 1.29 is 9.53 Å². The molecule has 0 saturated carbocycles. The molecule has 0 atom stereocenters. The van der Waals surface area contributed by atoms with Gasteiger partial charge in [0.25, 0.3) is 0 Å². The van der Waals surface area contributed by atoms with Crippen LogP contribution in [0.2, 0.25) is 0 Å². The second-order valence-corrected chi connectivity index (χ2v) is 3.15. The van der Waals surface area contributed by atoms with Crippen LogP contribution >= 0.6 is 0 Å². The lowest BCUT2D eigenvalue weighted by Crippen LogP contribution is -2.01. The molecule has 0 bridgehead atoms. The molecule has 0 fully saturated rings. The lowest BCUT2D eigenvalue weighted by Gasteiger charge is -1.95. The number of carbonyl (C=O) groups is 1. The summed E-state index contributed by atoms with van der Waals surface area (Å²) in [4.78, 5) is 10.9. The van der Waals surface area contributed by atoms with Gasteiger partial charge < -0.3 is 4.74 Å². The molecular formula is C12H20O2. The Kier molecular flexibility index (Phi) is 9.41. The van der Waals surface area contributed by atoms with Crippen LogP contribution in [-0.2, 0) is 9.53 Å². The maximum absolute atomic E-state index is 10.9. The van der Waals surface area contributed by atoms with E-state index in [1.807, 2.05) is 0 Å². The Morgan fingerprint density at radius 1 is 1.14 bits per heavy atom. The first kappa shape index (κ1) is 13.0. The van der Waals surface area contributed by atoms with Crippen molar-refractivity contribution in [1.82, 2.24) is 0 Å². The van der Waals surface area contributed by atoms with Gasteiger partial charge in [-0.25, -0.2) is 0 Å². The minimum Gasteiger partial charge on any atom is -0.465 e. The molecule has 0 radical (unpaired) electrons. The Hall–Kier alpha value is -0.970. The number of carbonyl (C=O) groups excluding carboxylic acids is 1. The molecule has 2 nitrogen and oxygen atoms in total. The lowest BCUT2D eigenvalue weighted by atomic mass is 10.1. The zero-order valence-corrected chi connectivity index (χ0v) is 9.27. The van der Waals surface area contributed by atoms with Crippen molar-refractivity contribution in [1.29, 1.82) is 0 Å². The molecule has 0 aliphatic rings. The predicted octanol–water partition coefficient (Wildman–Crippen LogP) is 2.91. The topological polar surface area (TPSA) is 26.3 Å². The largest absolute Gasteiger partial charge is 0.465 e. The third-order valence-corrected chi connectivity index (χ3v) is 1.82. The zero-order chi connectivity index (χ0) is 10.6. The molecule has 0 spiro atoms. The summed E-state index contributed by atoms with van der Waals surface area (Å²) in [6, 6.07) is 0. The van der Waals surface area contributed by atoms with E-state index in [0.29, 0.717) is 6.61 Å². The highest BCUT2D eigenvalue weighted by molar-refractivity contribution is 5.72. The molecule has 0 rings (SSSR count). The van der Waals surface area contributed by atoms with Gasteiger partial charge in [0.15, 0.2) is 0 Å². The van der Waals surface area contributed by atoms with E-state index in [1.165, 1.54) is 19.3 Å². The molecule has 2 heteroatoms.